The van der Waals surface area contributed by atoms with E-state index < -0.39 is 15.9 Å². The molecule has 34 heavy (non-hydrogen) atoms. The number of nitrogens with one attached hydrogen (secondary N) is 1. The summed E-state index contributed by atoms with van der Waals surface area (Å²) >= 11 is 19.7. The van der Waals surface area contributed by atoms with Crippen LogP contribution in [0.25, 0.3) is 0 Å². The fourth-order valence-corrected chi connectivity index (χ4v) is 5.93. The third-order valence-corrected chi connectivity index (χ3v) is 8.36. The van der Waals surface area contributed by atoms with Gasteiger partial charge in [0.1, 0.15) is 6.54 Å². The summed E-state index contributed by atoms with van der Waals surface area (Å²) in [6.07, 6.45) is 0.748. The van der Waals surface area contributed by atoms with Gasteiger partial charge in [-0.3, -0.25) is 9.10 Å². The predicted molar refractivity (Wildman–Crippen MR) is 143 cm³/mol. The highest BCUT2D eigenvalue weighted by molar-refractivity contribution is 7.98. The third kappa shape index (κ3) is 7.82. The Morgan fingerprint density at radius 2 is 1.56 bits per heavy atom. The molecule has 0 spiro atoms. The average Bonchev–Trinajstić information content (AvgIpc) is 2.80. The van der Waals surface area contributed by atoms with E-state index in [2.05, 4.69) is 5.32 Å². The van der Waals surface area contributed by atoms with Crippen molar-refractivity contribution < 1.29 is 13.2 Å². The van der Waals surface area contributed by atoms with Crippen molar-refractivity contribution in [1.82, 2.24) is 5.32 Å². The average molecular weight is 558 g/mol. The Balaban J connectivity index is 1.59. The van der Waals surface area contributed by atoms with Crippen LogP contribution < -0.4 is 9.62 Å². The molecule has 3 aromatic rings. The van der Waals surface area contributed by atoms with Crippen LogP contribution in [0.5, 0.6) is 0 Å². The Labute approximate surface area is 219 Å². The zero-order valence-corrected chi connectivity index (χ0v) is 22.0. The van der Waals surface area contributed by atoms with Crippen molar-refractivity contribution >= 4 is 68.2 Å². The summed E-state index contributed by atoms with van der Waals surface area (Å²) in [5.41, 5.74) is 1.45. The molecule has 0 saturated heterocycles. The van der Waals surface area contributed by atoms with E-state index in [1.807, 2.05) is 24.3 Å². The first-order chi connectivity index (χ1) is 16.3. The van der Waals surface area contributed by atoms with Crippen molar-refractivity contribution in [2.75, 3.05) is 23.1 Å². The van der Waals surface area contributed by atoms with E-state index in [1.165, 1.54) is 30.3 Å². The number of sulfonamides is 1. The van der Waals surface area contributed by atoms with Crippen molar-refractivity contribution in [2.45, 2.75) is 17.1 Å². The zero-order valence-electron chi connectivity index (χ0n) is 18.1. The first kappa shape index (κ1) is 26.7. The molecule has 0 heterocycles. The lowest BCUT2D eigenvalue weighted by Gasteiger charge is -2.24. The topological polar surface area (TPSA) is 66.5 Å². The van der Waals surface area contributed by atoms with Crippen molar-refractivity contribution in [2.24, 2.45) is 0 Å². The van der Waals surface area contributed by atoms with Crippen molar-refractivity contribution in [3.05, 3.63) is 93.4 Å². The first-order valence-electron chi connectivity index (χ1n) is 10.4. The van der Waals surface area contributed by atoms with Gasteiger partial charge in [0.25, 0.3) is 10.0 Å². The number of anilines is 1. The lowest BCUT2D eigenvalue weighted by Crippen LogP contribution is -2.41. The van der Waals surface area contributed by atoms with Crippen LogP contribution in [0.1, 0.15) is 12.0 Å². The second-order valence-electron chi connectivity index (χ2n) is 7.33. The summed E-state index contributed by atoms with van der Waals surface area (Å²) in [6.45, 7) is 0.0622. The Hall–Kier alpha value is -1.90. The zero-order chi connectivity index (χ0) is 24.6. The van der Waals surface area contributed by atoms with Crippen LogP contribution >= 0.6 is 46.6 Å². The molecule has 0 atom stereocenters. The number of carbonyl (C=O) groups is 1. The van der Waals surface area contributed by atoms with E-state index in [4.69, 9.17) is 34.8 Å². The minimum atomic E-state index is -4.02. The summed E-state index contributed by atoms with van der Waals surface area (Å²) in [4.78, 5) is 12.7. The van der Waals surface area contributed by atoms with Crippen LogP contribution in [0.2, 0.25) is 15.1 Å². The molecule has 0 aliphatic carbocycles. The summed E-state index contributed by atoms with van der Waals surface area (Å²) in [5, 5.41) is 4.30. The standard InChI is InChI=1S/C24H23Cl3N2O3S2/c25-19-8-10-23(11-9-19)34(31,32)29(22-7-2-6-21(27)15-22)16-24(30)28-12-3-13-33-17-18-4-1-5-20(26)14-18/h1-2,4-11,14-15H,3,12-13,16-17H2,(H,28,30). The van der Waals surface area contributed by atoms with Crippen LogP contribution in [0.4, 0.5) is 5.69 Å². The maximum Gasteiger partial charge on any atom is 0.264 e. The number of benzene rings is 3. The molecule has 5 nitrogen and oxygen atoms in total. The number of nitrogens with zero attached hydrogens (tertiary/aromatic N) is 1. The van der Waals surface area contributed by atoms with Crippen molar-refractivity contribution in [3.63, 3.8) is 0 Å². The third-order valence-electron chi connectivity index (χ3n) is 4.73. The number of thioether (sulfide) groups is 1. The molecule has 3 rings (SSSR count). The quantitative estimate of drug-likeness (QED) is 0.282. The van der Waals surface area contributed by atoms with E-state index in [9.17, 15) is 13.2 Å². The molecular weight excluding hydrogens is 535 g/mol. The largest absolute Gasteiger partial charge is 0.354 e. The summed E-state index contributed by atoms with van der Waals surface area (Å²) in [6, 6.07) is 19.9. The highest BCUT2D eigenvalue weighted by Gasteiger charge is 2.27. The monoisotopic (exact) mass is 556 g/mol. The summed E-state index contributed by atoms with van der Waals surface area (Å²) in [5.74, 6) is 1.27. The van der Waals surface area contributed by atoms with Crippen LogP contribution in [-0.2, 0) is 20.6 Å². The van der Waals surface area contributed by atoms with Gasteiger partial charge in [-0.1, -0.05) is 53.0 Å². The Morgan fingerprint density at radius 3 is 2.24 bits per heavy atom. The summed E-state index contributed by atoms with van der Waals surface area (Å²) < 4.78 is 27.7. The van der Waals surface area contributed by atoms with Crippen LogP contribution in [0.3, 0.4) is 0 Å². The number of carbonyl (C=O) groups excluding carboxylic acids is 1. The SMILES string of the molecule is O=C(CN(c1cccc(Cl)c1)S(=O)(=O)c1ccc(Cl)cc1)NCCCSCc1cccc(Cl)c1. The van der Waals surface area contributed by atoms with E-state index in [-0.39, 0.29) is 11.4 Å². The molecule has 0 aliphatic heterocycles. The Bertz CT molecular complexity index is 1220. The van der Waals surface area contributed by atoms with Crippen LogP contribution in [0, 0.1) is 0 Å². The van der Waals surface area contributed by atoms with E-state index in [0.29, 0.717) is 27.3 Å². The second kappa shape index (κ2) is 12.7. The second-order valence-corrected chi connectivity index (χ2v) is 11.6. The number of hydrogen-bond donors (Lipinski definition) is 1. The highest BCUT2D eigenvalue weighted by atomic mass is 35.5. The van der Waals surface area contributed by atoms with Gasteiger partial charge in [0.15, 0.2) is 0 Å². The molecule has 0 fully saturated rings. The summed E-state index contributed by atoms with van der Waals surface area (Å²) in [7, 11) is -4.02. The van der Waals surface area contributed by atoms with Gasteiger partial charge in [-0.2, -0.15) is 11.8 Å². The van der Waals surface area contributed by atoms with Gasteiger partial charge in [0, 0.05) is 27.4 Å². The number of hydrogen-bond acceptors (Lipinski definition) is 4. The van der Waals surface area contributed by atoms with Gasteiger partial charge < -0.3 is 5.32 Å². The van der Waals surface area contributed by atoms with Crippen LogP contribution in [-0.4, -0.2) is 33.2 Å². The predicted octanol–water partition coefficient (Wildman–Crippen LogP) is 6.28. The van der Waals surface area contributed by atoms with E-state index in [0.717, 1.165) is 27.8 Å². The van der Waals surface area contributed by atoms with E-state index in [1.54, 1.807) is 30.0 Å². The normalized spacial score (nSPS) is 11.3. The smallest absolute Gasteiger partial charge is 0.264 e. The van der Waals surface area contributed by atoms with Gasteiger partial charge in [0.05, 0.1) is 10.6 Å². The molecule has 0 radical (unpaired) electrons. The highest BCUT2D eigenvalue weighted by Crippen LogP contribution is 2.26. The molecular formula is C24H23Cl3N2O3S2. The van der Waals surface area contributed by atoms with Gasteiger partial charge in [0.2, 0.25) is 5.91 Å². The van der Waals surface area contributed by atoms with Crippen molar-refractivity contribution in [1.29, 1.82) is 0 Å². The van der Waals surface area contributed by atoms with Gasteiger partial charge in [-0.15, -0.1) is 0 Å². The van der Waals surface area contributed by atoms with Gasteiger partial charge in [-0.25, -0.2) is 8.42 Å². The minimum Gasteiger partial charge on any atom is -0.354 e. The lowest BCUT2D eigenvalue weighted by atomic mass is 10.2. The molecule has 1 N–H and O–H groups in total. The fourth-order valence-electron chi connectivity index (χ4n) is 3.09. The number of halogens is 3. The fraction of sp³-hybridized carbons (Fsp3) is 0.208. The van der Waals surface area contributed by atoms with E-state index >= 15 is 0 Å². The Kier molecular flexibility index (Phi) is 9.97. The van der Waals surface area contributed by atoms with Crippen LogP contribution in [0.15, 0.2) is 77.7 Å². The van der Waals surface area contributed by atoms with Gasteiger partial charge in [-0.05, 0) is 72.3 Å². The molecule has 0 aliphatic rings. The molecule has 3 aromatic carbocycles. The molecule has 180 valence electrons. The number of rotatable bonds is 11. The number of amides is 1. The Morgan fingerprint density at radius 1 is 0.882 bits per heavy atom. The molecule has 0 saturated carbocycles. The lowest BCUT2D eigenvalue weighted by molar-refractivity contribution is -0.119. The minimum absolute atomic E-state index is 0.0297. The molecule has 1 amide bonds. The van der Waals surface area contributed by atoms with Crippen molar-refractivity contribution in [3.8, 4) is 0 Å². The molecule has 10 heteroatoms. The molecule has 0 aromatic heterocycles. The molecule has 0 unspecified atom stereocenters. The van der Waals surface area contributed by atoms with Gasteiger partial charge >= 0.3 is 0 Å². The first-order valence-corrected chi connectivity index (χ1v) is 14.1. The maximum atomic E-state index is 13.3. The maximum absolute atomic E-state index is 13.3. The molecule has 0 bridgehead atoms.